The Labute approximate surface area is 151 Å². The predicted octanol–water partition coefficient (Wildman–Crippen LogP) is 2.36. The van der Waals surface area contributed by atoms with Crippen LogP contribution in [-0.2, 0) is 50.6 Å². The number of nitrogens with one attached hydrogen (secondary N) is 1. The molecule has 0 saturated heterocycles. The number of amides is 1. The second-order valence-electron chi connectivity index (χ2n) is 5.09. The molecule has 0 spiro atoms. The third-order valence-electron chi connectivity index (χ3n) is 3.57. The Balaban J connectivity index is 0.00000220. The van der Waals surface area contributed by atoms with Gasteiger partial charge in [0.25, 0.3) is 0 Å². The summed E-state index contributed by atoms with van der Waals surface area (Å²) >= 11 is 0. The number of nitrogens with zero attached hydrogens (tertiary/aromatic N) is 2. The van der Waals surface area contributed by atoms with Crippen LogP contribution in [0.25, 0.3) is 0 Å². The molecule has 5 heteroatoms. The second-order valence-corrected chi connectivity index (χ2v) is 5.09. The molecule has 4 nitrogen and oxygen atoms in total. The standard InChI is InChI=1S/C16H21N3O.Y/c1-5-18-10-9-14(4)19(18)11-15(20)17-16-12(2)7-6-8-13(16)3;/h6-10H,5,11H2,1-4H3;/p+1. The van der Waals surface area contributed by atoms with Crippen LogP contribution in [0.4, 0.5) is 5.69 Å². The zero-order valence-electron chi connectivity index (χ0n) is 13.2. The molecule has 0 aliphatic rings. The molecule has 1 amide bonds. The quantitative estimate of drug-likeness (QED) is 0.835. The van der Waals surface area contributed by atoms with Crippen molar-refractivity contribution in [2.75, 3.05) is 5.32 Å². The number of aromatic nitrogens is 2. The molecule has 1 heterocycles. The fraction of sp³-hybridized carbons (Fsp3) is 0.375. The van der Waals surface area contributed by atoms with Crippen molar-refractivity contribution in [3.63, 3.8) is 0 Å². The van der Waals surface area contributed by atoms with Crippen molar-refractivity contribution >= 4 is 11.6 Å². The van der Waals surface area contributed by atoms with Crippen LogP contribution in [0.2, 0.25) is 0 Å². The maximum Gasteiger partial charge on any atom is 0.250 e. The van der Waals surface area contributed by atoms with E-state index < -0.39 is 0 Å². The smallest absolute Gasteiger partial charge is 0.250 e. The number of rotatable bonds is 4. The van der Waals surface area contributed by atoms with Crippen LogP contribution in [-0.4, -0.2) is 10.6 Å². The summed E-state index contributed by atoms with van der Waals surface area (Å²) in [5.41, 5.74) is 4.19. The Morgan fingerprint density at radius 1 is 1.19 bits per heavy atom. The van der Waals surface area contributed by atoms with E-state index in [1.54, 1.807) is 0 Å². The van der Waals surface area contributed by atoms with Crippen LogP contribution in [0.3, 0.4) is 0 Å². The number of carbonyl (C=O) groups is 1. The number of carbonyl (C=O) groups excluding carboxylic acids is 1. The molecule has 0 aliphatic heterocycles. The summed E-state index contributed by atoms with van der Waals surface area (Å²) < 4.78 is 4.03. The van der Waals surface area contributed by atoms with E-state index in [1.165, 1.54) is 0 Å². The summed E-state index contributed by atoms with van der Waals surface area (Å²) in [6.45, 7) is 9.29. The van der Waals surface area contributed by atoms with E-state index >= 15 is 0 Å². The maximum absolute atomic E-state index is 12.3. The maximum atomic E-state index is 12.3. The largest absolute Gasteiger partial charge is 0.324 e. The predicted molar refractivity (Wildman–Crippen MR) is 79.6 cm³/mol. The van der Waals surface area contributed by atoms with Gasteiger partial charge in [0.2, 0.25) is 5.91 Å². The van der Waals surface area contributed by atoms with E-state index in [2.05, 4.69) is 12.2 Å². The second kappa shape index (κ2) is 7.85. The third kappa shape index (κ3) is 4.24. The fourth-order valence-electron chi connectivity index (χ4n) is 2.38. The summed E-state index contributed by atoms with van der Waals surface area (Å²) in [5.74, 6) is 0.00361. The SMILES string of the molecule is CC[n+]1ccc(C)n1CC(=O)Nc1c(C)cccc1C.[Y]. The molecule has 0 aliphatic carbocycles. The number of benzene rings is 1. The Morgan fingerprint density at radius 3 is 2.38 bits per heavy atom. The van der Waals surface area contributed by atoms with Crippen LogP contribution >= 0.6 is 0 Å². The van der Waals surface area contributed by atoms with Gasteiger partial charge in [0, 0.05) is 44.5 Å². The van der Waals surface area contributed by atoms with E-state index in [0.717, 1.165) is 29.1 Å². The average molecular weight is 361 g/mol. The molecular formula is C16H22N3OY+. The molecule has 0 bridgehead atoms. The minimum absolute atomic E-state index is 0. The van der Waals surface area contributed by atoms with E-state index in [9.17, 15) is 4.79 Å². The van der Waals surface area contributed by atoms with Crippen molar-refractivity contribution in [2.24, 2.45) is 0 Å². The first-order valence-electron chi connectivity index (χ1n) is 6.95. The molecule has 1 radical (unpaired) electrons. The van der Waals surface area contributed by atoms with Crippen LogP contribution in [0, 0.1) is 20.8 Å². The minimum atomic E-state index is 0. The van der Waals surface area contributed by atoms with Crippen molar-refractivity contribution < 1.29 is 42.2 Å². The zero-order chi connectivity index (χ0) is 14.7. The van der Waals surface area contributed by atoms with E-state index in [4.69, 9.17) is 0 Å². The van der Waals surface area contributed by atoms with E-state index in [0.29, 0.717) is 6.54 Å². The number of para-hydroxylation sites is 1. The minimum Gasteiger partial charge on any atom is -0.324 e. The first-order valence-corrected chi connectivity index (χ1v) is 6.95. The van der Waals surface area contributed by atoms with Gasteiger partial charge in [0.05, 0.1) is 5.69 Å². The first kappa shape index (κ1) is 18.1. The molecule has 0 unspecified atom stereocenters. The normalized spacial score (nSPS) is 10.1. The third-order valence-corrected chi connectivity index (χ3v) is 3.57. The summed E-state index contributed by atoms with van der Waals surface area (Å²) in [7, 11) is 0. The van der Waals surface area contributed by atoms with Crippen molar-refractivity contribution in [1.82, 2.24) is 4.68 Å². The Bertz CT molecular complexity index is 614. The van der Waals surface area contributed by atoms with E-state index in [-0.39, 0.29) is 38.6 Å². The number of aryl methyl sites for hydroxylation is 4. The molecule has 1 N–H and O–H groups in total. The van der Waals surface area contributed by atoms with Gasteiger partial charge < -0.3 is 5.32 Å². The Hall–Kier alpha value is -0.996. The van der Waals surface area contributed by atoms with Crippen molar-refractivity contribution in [2.45, 2.75) is 40.8 Å². The molecule has 0 saturated carbocycles. The molecule has 1 aromatic heterocycles. The molecule has 0 atom stereocenters. The Morgan fingerprint density at radius 2 is 1.81 bits per heavy atom. The monoisotopic (exact) mass is 361 g/mol. The molecule has 1 aromatic carbocycles. The zero-order valence-corrected chi connectivity index (χ0v) is 16.0. The van der Waals surface area contributed by atoms with E-state index in [1.807, 2.05) is 60.6 Å². The van der Waals surface area contributed by atoms with Gasteiger partial charge in [-0.3, -0.25) is 4.79 Å². The Kier molecular flexibility index (Phi) is 6.75. The summed E-state index contributed by atoms with van der Waals surface area (Å²) in [6, 6.07) is 8.04. The van der Waals surface area contributed by atoms with Gasteiger partial charge in [0.15, 0.2) is 19.3 Å². The van der Waals surface area contributed by atoms with Gasteiger partial charge in [-0.2, -0.15) is 0 Å². The van der Waals surface area contributed by atoms with Gasteiger partial charge in [0.1, 0.15) is 0 Å². The van der Waals surface area contributed by atoms with Crippen LogP contribution in [0.1, 0.15) is 23.7 Å². The van der Waals surface area contributed by atoms with Crippen molar-refractivity contribution in [1.29, 1.82) is 0 Å². The number of anilines is 1. The molecule has 2 aromatic rings. The van der Waals surface area contributed by atoms with Gasteiger partial charge in [-0.05, 0) is 38.8 Å². The van der Waals surface area contributed by atoms with Gasteiger partial charge in [-0.25, -0.2) is 0 Å². The molecule has 2 rings (SSSR count). The summed E-state index contributed by atoms with van der Waals surface area (Å²) in [6.07, 6.45) is 2.00. The van der Waals surface area contributed by atoms with Gasteiger partial charge in [-0.1, -0.05) is 18.2 Å². The van der Waals surface area contributed by atoms with Crippen LogP contribution in [0.15, 0.2) is 30.5 Å². The topological polar surface area (TPSA) is 37.9 Å². The van der Waals surface area contributed by atoms with Crippen LogP contribution < -0.4 is 10.00 Å². The first-order chi connectivity index (χ1) is 9.52. The molecule has 0 fully saturated rings. The summed E-state index contributed by atoms with van der Waals surface area (Å²) in [5, 5.41) is 3.02. The fourth-order valence-corrected chi connectivity index (χ4v) is 2.38. The number of hydrogen-bond acceptors (Lipinski definition) is 1. The van der Waals surface area contributed by atoms with Gasteiger partial charge in [-0.15, -0.1) is 9.36 Å². The van der Waals surface area contributed by atoms with Crippen molar-refractivity contribution in [3.05, 3.63) is 47.3 Å². The van der Waals surface area contributed by atoms with Crippen molar-refractivity contribution in [3.8, 4) is 0 Å². The molecular weight excluding hydrogens is 339 g/mol. The van der Waals surface area contributed by atoms with Crippen LogP contribution in [0.5, 0.6) is 0 Å². The van der Waals surface area contributed by atoms with Gasteiger partial charge >= 0.3 is 0 Å². The number of hydrogen-bond donors (Lipinski definition) is 1. The summed E-state index contributed by atoms with van der Waals surface area (Å²) in [4.78, 5) is 12.3. The molecule has 21 heavy (non-hydrogen) atoms. The molecule has 109 valence electrons. The average Bonchev–Trinajstić information content (AvgIpc) is 2.75.